The van der Waals surface area contributed by atoms with Gasteiger partial charge >= 0.3 is 0 Å². The number of hydrogen-bond donors (Lipinski definition) is 0. The van der Waals surface area contributed by atoms with Crippen LogP contribution in [0.1, 0.15) is 30.9 Å². The third kappa shape index (κ3) is 2.29. The van der Waals surface area contributed by atoms with E-state index in [0.29, 0.717) is 5.92 Å². The summed E-state index contributed by atoms with van der Waals surface area (Å²) in [6.45, 7) is 8.42. The Morgan fingerprint density at radius 2 is 2.00 bits per heavy atom. The molecular formula is C10H16N2. The molecule has 1 rings (SSSR count). The molecule has 1 aromatic rings. The second-order valence-corrected chi connectivity index (χ2v) is 3.65. The lowest BCUT2D eigenvalue weighted by Gasteiger charge is -2.04. The van der Waals surface area contributed by atoms with Gasteiger partial charge in [-0.15, -0.1) is 0 Å². The van der Waals surface area contributed by atoms with Crippen LogP contribution in [0.5, 0.6) is 0 Å². The summed E-state index contributed by atoms with van der Waals surface area (Å²) in [4.78, 5) is 8.67. The van der Waals surface area contributed by atoms with Gasteiger partial charge < -0.3 is 0 Å². The predicted octanol–water partition coefficient (Wildman–Crippen LogP) is 2.29. The van der Waals surface area contributed by atoms with Gasteiger partial charge in [0, 0.05) is 18.3 Å². The number of aryl methyl sites for hydroxylation is 2. The molecule has 0 unspecified atom stereocenters. The van der Waals surface area contributed by atoms with Crippen LogP contribution >= 0.6 is 0 Å². The summed E-state index contributed by atoms with van der Waals surface area (Å²) >= 11 is 0. The zero-order valence-electron chi connectivity index (χ0n) is 8.26. The topological polar surface area (TPSA) is 25.8 Å². The summed E-state index contributed by atoms with van der Waals surface area (Å²) in [5.74, 6) is 1.60. The molecule has 66 valence electrons. The van der Waals surface area contributed by atoms with Crippen molar-refractivity contribution in [3.63, 3.8) is 0 Å². The standard InChI is InChI=1S/C10H16N2/c1-7(2)5-10-11-6-8(3)9(4)12-10/h6-7H,5H2,1-4H3. The molecule has 0 aromatic carbocycles. The zero-order chi connectivity index (χ0) is 9.14. The minimum Gasteiger partial charge on any atom is -0.241 e. The highest BCUT2D eigenvalue weighted by molar-refractivity contribution is 5.13. The van der Waals surface area contributed by atoms with E-state index in [0.717, 1.165) is 17.9 Å². The number of aromatic nitrogens is 2. The van der Waals surface area contributed by atoms with Gasteiger partial charge in [0.2, 0.25) is 0 Å². The lowest BCUT2D eigenvalue weighted by molar-refractivity contribution is 0.618. The van der Waals surface area contributed by atoms with E-state index < -0.39 is 0 Å². The van der Waals surface area contributed by atoms with Crippen molar-refractivity contribution in [2.45, 2.75) is 34.1 Å². The van der Waals surface area contributed by atoms with Crippen molar-refractivity contribution >= 4 is 0 Å². The maximum Gasteiger partial charge on any atom is 0.128 e. The molecule has 0 bridgehead atoms. The Morgan fingerprint density at radius 3 is 2.50 bits per heavy atom. The summed E-state index contributed by atoms with van der Waals surface area (Å²) in [6, 6.07) is 0. The highest BCUT2D eigenvalue weighted by Crippen LogP contribution is 2.05. The Balaban J connectivity index is 2.82. The smallest absolute Gasteiger partial charge is 0.128 e. The van der Waals surface area contributed by atoms with Crippen LogP contribution in [0, 0.1) is 19.8 Å². The molecule has 0 fully saturated rings. The summed E-state index contributed by atoms with van der Waals surface area (Å²) in [5.41, 5.74) is 2.27. The predicted molar refractivity (Wildman–Crippen MR) is 50.0 cm³/mol. The molecule has 2 nitrogen and oxygen atoms in total. The van der Waals surface area contributed by atoms with Crippen LogP contribution in [0.4, 0.5) is 0 Å². The van der Waals surface area contributed by atoms with Gasteiger partial charge in [0.1, 0.15) is 5.82 Å². The van der Waals surface area contributed by atoms with Crippen LogP contribution in [-0.2, 0) is 6.42 Å². The Labute approximate surface area is 74.1 Å². The largest absolute Gasteiger partial charge is 0.241 e. The molecule has 0 amide bonds. The molecule has 0 aliphatic rings. The normalized spacial score (nSPS) is 10.8. The van der Waals surface area contributed by atoms with Crippen LogP contribution in [0.25, 0.3) is 0 Å². The van der Waals surface area contributed by atoms with Crippen LogP contribution in [0.15, 0.2) is 6.20 Å². The van der Waals surface area contributed by atoms with Crippen LogP contribution in [0.3, 0.4) is 0 Å². The van der Waals surface area contributed by atoms with Gasteiger partial charge in [0.25, 0.3) is 0 Å². The van der Waals surface area contributed by atoms with Crippen LogP contribution in [0.2, 0.25) is 0 Å². The molecule has 0 N–H and O–H groups in total. The van der Waals surface area contributed by atoms with Gasteiger partial charge in [-0.3, -0.25) is 0 Å². The van der Waals surface area contributed by atoms with Crippen LogP contribution < -0.4 is 0 Å². The molecule has 0 aliphatic heterocycles. The first-order chi connectivity index (χ1) is 5.59. The minimum atomic E-state index is 0.632. The van der Waals surface area contributed by atoms with E-state index in [1.54, 1.807) is 0 Å². The number of nitrogens with zero attached hydrogens (tertiary/aromatic N) is 2. The molecule has 1 heterocycles. The van der Waals surface area contributed by atoms with E-state index in [4.69, 9.17) is 0 Å². The minimum absolute atomic E-state index is 0.632. The van der Waals surface area contributed by atoms with Gasteiger partial charge in [0.05, 0.1) is 0 Å². The van der Waals surface area contributed by atoms with Crippen molar-refractivity contribution < 1.29 is 0 Å². The first-order valence-corrected chi connectivity index (χ1v) is 4.38. The molecule has 12 heavy (non-hydrogen) atoms. The third-order valence-corrected chi connectivity index (χ3v) is 1.87. The van der Waals surface area contributed by atoms with Crippen molar-refractivity contribution in [3.05, 3.63) is 23.3 Å². The van der Waals surface area contributed by atoms with Crippen molar-refractivity contribution in [1.29, 1.82) is 0 Å². The van der Waals surface area contributed by atoms with E-state index in [2.05, 4.69) is 23.8 Å². The van der Waals surface area contributed by atoms with E-state index in [9.17, 15) is 0 Å². The SMILES string of the molecule is Cc1cnc(CC(C)C)nc1C. The van der Waals surface area contributed by atoms with E-state index in [-0.39, 0.29) is 0 Å². The highest BCUT2D eigenvalue weighted by atomic mass is 14.9. The first kappa shape index (κ1) is 9.17. The molecule has 2 heteroatoms. The van der Waals surface area contributed by atoms with Crippen molar-refractivity contribution in [3.8, 4) is 0 Å². The first-order valence-electron chi connectivity index (χ1n) is 4.38. The molecule has 0 saturated heterocycles. The lowest BCUT2D eigenvalue weighted by Crippen LogP contribution is -2.02. The van der Waals surface area contributed by atoms with Gasteiger partial charge in [0.15, 0.2) is 0 Å². The van der Waals surface area contributed by atoms with E-state index in [1.807, 2.05) is 20.0 Å². The number of hydrogen-bond acceptors (Lipinski definition) is 2. The monoisotopic (exact) mass is 164 g/mol. The van der Waals surface area contributed by atoms with Crippen molar-refractivity contribution in [1.82, 2.24) is 9.97 Å². The van der Waals surface area contributed by atoms with Crippen molar-refractivity contribution in [2.75, 3.05) is 0 Å². The fourth-order valence-electron chi connectivity index (χ4n) is 1.04. The lowest BCUT2D eigenvalue weighted by atomic mass is 10.1. The average Bonchev–Trinajstić information content (AvgIpc) is 1.96. The third-order valence-electron chi connectivity index (χ3n) is 1.87. The molecule has 0 radical (unpaired) electrons. The van der Waals surface area contributed by atoms with Gasteiger partial charge in [-0.2, -0.15) is 0 Å². The molecule has 1 aromatic heterocycles. The second-order valence-electron chi connectivity index (χ2n) is 3.65. The second kappa shape index (κ2) is 3.65. The summed E-state index contributed by atoms with van der Waals surface area (Å²) in [5, 5.41) is 0. The Kier molecular flexibility index (Phi) is 2.79. The Morgan fingerprint density at radius 1 is 1.33 bits per heavy atom. The Bertz CT molecular complexity index is 267. The molecule has 0 spiro atoms. The average molecular weight is 164 g/mol. The molecule has 0 aliphatic carbocycles. The molecule has 0 saturated carbocycles. The van der Waals surface area contributed by atoms with Gasteiger partial charge in [-0.05, 0) is 25.3 Å². The van der Waals surface area contributed by atoms with E-state index in [1.165, 1.54) is 5.56 Å². The summed E-state index contributed by atoms with van der Waals surface area (Å²) in [7, 11) is 0. The molecular weight excluding hydrogens is 148 g/mol. The quantitative estimate of drug-likeness (QED) is 0.670. The number of rotatable bonds is 2. The van der Waals surface area contributed by atoms with Gasteiger partial charge in [-0.25, -0.2) is 9.97 Å². The van der Waals surface area contributed by atoms with Crippen LogP contribution in [-0.4, -0.2) is 9.97 Å². The van der Waals surface area contributed by atoms with Gasteiger partial charge in [-0.1, -0.05) is 13.8 Å². The fraction of sp³-hybridized carbons (Fsp3) is 0.600. The fourth-order valence-corrected chi connectivity index (χ4v) is 1.04. The maximum atomic E-state index is 4.40. The van der Waals surface area contributed by atoms with E-state index >= 15 is 0 Å². The summed E-state index contributed by atoms with van der Waals surface area (Å²) in [6.07, 6.45) is 2.88. The highest BCUT2D eigenvalue weighted by Gasteiger charge is 2.01. The Hall–Kier alpha value is -0.920. The summed E-state index contributed by atoms with van der Waals surface area (Å²) < 4.78 is 0. The maximum absolute atomic E-state index is 4.40. The molecule has 0 atom stereocenters. The zero-order valence-corrected chi connectivity index (χ0v) is 8.26. The van der Waals surface area contributed by atoms with Crippen molar-refractivity contribution in [2.24, 2.45) is 5.92 Å².